The van der Waals surface area contributed by atoms with Crippen molar-refractivity contribution in [2.24, 2.45) is 0 Å². The van der Waals surface area contributed by atoms with Crippen molar-refractivity contribution in [3.63, 3.8) is 0 Å². The molecule has 0 saturated heterocycles. The summed E-state index contributed by atoms with van der Waals surface area (Å²) in [4.78, 5) is 11.3. The van der Waals surface area contributed by atoms with Gasteiger partial charge in [-0.3, -0.25) is 4.79 Å². The van der Waals surface area contributed by atoms with Crippen molar-refractivity contribution >= 4 is 27.1 Å². The monoisotopic (exact) mass is 303 g/mol. The van der Waals surface area contributed by atoms with Gasteiger partial charge in [0, 0.05) is 17.0 Å². The molecule has 0 radical (unpaired) electrons. The van der Waals surface area contributed by atoms with E-state index in [9.17, 15) is 13.2 Å². The number of nitrogens with one attached hydrogen (secondary N) is 1. The summed E-state index contributed by atoms with van der Waals surface area (Å²) in [6, 6.07) is 10.2. The van der Waals surface area contributed by atoms with E-state index in [-0.39, 0.29) is 10.9 Å². The van der Waals surface area contributed by atoms with E-state index in [2.05, 4.69) is 4.72 Å². The van der Waals surface area contributed by atoms with Crippen molar-refractivity contribution in [1.29, 1.82) is 0 Å². The molecule has 110 valence electrons. The molecule has 1 N–H and O–H groups in total. The number of hydrogen-bond acceptors (Lipinski definition) is 3. The highest BCUT2D eigenvalue weighted by Gasteiger charge is 2.24. The first-order chi connectivity index (χ1) is 10.1. The van der Waals surface area contributed by atoms with Gasteiger partial charge >= 0.3 is 0 Å². The number of rotatable bonds is 4. The van der Waals surface area contributed by atoms with Crippen LogP contribution >= 0.6 is 0 Å². The minimum absolute atomic E-state index is 0.0273. The summed E-state index contributed by atoms with van der Waals surface area (Å²) in [5.74, 6) is 0. The second-order valence-corrected chi connectivity index (χ2v) is 7.10. The van der Waals surface area contributed by atoms with Crippen molar-refractivity contribution in [2.45, 2.75) is 36.6 Å². The lowest BCUT2D eigenvalue weighted by molar-refractivity contribution is 0.112. The molecular weight excluding hydrogens is 286 g/mol. The molecule has 1 aliphatic rings. The zero-order chi connectivity index (χ0) is 14.9. The number of aldehydes is 1. The Bertz CT molecular complexity index is 777. The summed E-state index contributed by atoms with van der Waals surface area (Å²) in [7, 11) is -3.56. The third kappa shape index (κ3) is 2.71. The van der Waals surface area contributed by atoms with Gasteiger partial charge in [0.15, 0.2) is 6.29 Å². The first kappa shape index (κ1) is 14.2. The van der Waals surface area contributed by atoms with Crippen LogP contribution in [0.1, 0.15) is 36.0 Å². The average Bonchev–Trinajstić information content (AvgIpc) is 2.98. The fraction of sp³-hybridized carbons (Fsp3) is 0.312. The molecule has 0 unspecified atom stereocenters. The Labute approximate surface area is 124 Å². The molecule has 3 rings (SSSR count). The quantitative estimate of drug-likeness (QED) is 0.883. The van der Waals surface area contributed by atoms with E-state index in [1.165, 1.54) is 6.07 Å². The summed E-state index contributed by atoms with van der Waals surface area (Å²) in [6.45, 7) is 0. The maximum absolute atomic E-state index is 12.6. The van der Waals surface area contributed by atoms with Gasteiger partial charge in [0.1, 0.15) is 0 Å². The highest BCUT2D eigenvalue weighted by Crippen LogP contribution is 2.27. The molecule has 21 heavy (non-hydrogen) atoms. The van der Waals surface area contributed by atoms with Crippen molar-refractivity contribution in [3.8, 4) is 0 Å². The Kier molecular flexibility index (Phi) is 3.78. The SMILES string of the molecule is O=Cc1ccc(S(=O)(=O)NC2CCCC2)c2ccccc12. The smallest absolute Gasteiger partial charge is 0.241 e. The van der Waals surface area contributed by atoms with E-state index in [1.54, 1.807) is 30.3 Å². The molecule has 0 aliphatic heterocycles. The Morgan fingerprint density at radius 3 is 2.33 bits per heavy atom. The zero-order valence-electron chi connectivity index (χ0n) is 11.6. The van der Waals surface area contributed by atoms with Gasteiger partial charge in [-0.2, -0.15) is 0 Å². The molecule has 5 heteroatoms. The predicted molar refractivity (Wildman–Crippen MR) is 81.9 cm³/mol. The first-order valence-electron chi connectivity index (χ1n) is 7.11. The van der Waals surface area contributed by atoms with E-state index >= 15 is 0 Å². The third-order valence-electron chi connectivity index (χ3n) is 4.01. The molecule has 0 spiro atoms. The Morgan fingerprint density at radius 1 is 1.00 bits per heavy atom. The van der Waals surface area contributed by atoms with Crippen LogP contribution in [0.25, 0.3) is 10.8 Å². The molecule has 0 aromatic heterocycles. The maximum atomic E-state index is 12.6. The highest BCUT2D eigenvalue weighted by atomic mass is 32.2. The third-order valence-corrected chi connectivity index (χ3v) is 5.59. The summed E-state index contributed by atoms with van der Waals surface area (Å²) in [5, 5.41) is 1.26. The van der Waals surface area contributed by atoms with Crippen LogP contribution < -0.4 is 4.72 Å². The zero-order valence-corrected chi connectivity index (χ0v) is 12.4. The molecule has 1 fully saturated rings. The molecule has 2 aromatic carbocycles. The minimum atomic E-state index is -3.56. The van der Waals surface area contributed by atoms with Crippen LogP contribution in [0, 0.1) is 0 Å². The van der Waals surface area contributed by atoms with E-state index < -0.39 is 10.0 Å². The molecule has 0 amide bonds. The summed E-state index contributed by atoms with van der Waals surface area (Å²) >= 11 is 0. The van der Waals surface area contributed by atoms with Crippen molar-refractivity contribution in [2.75, 3.05) is 0 Å². The molecule has 1 aliphatic carbocycles. The van der Waals surface area contributed by atoms with Gasteiger partial charge in [0.2, 0.25) is 10.0 Å². The van der Waals surface area contributed by atoms with E-state index in [4.69, 9.17) is 0 Å². The van der Waals surface area contributed by atoms with Crippen molar-refractivity contribution < 1.29 is 13.2 Å². The van der Waals surface area contributed by atoms with Crippen molar-refractivity contribution in [1.82, 2.24) is 4.72 Å². The number of sulfonamides is 1. The number of carbonyl (C=O) groups is 1. The van der Waals surface area contributed by atoms with Gasteiger partial charge in [-0.15, -0.1) is 0 Å². The van der Waals surface area contributed by atoms with E-state index in [0.29, 0.717) is 16.3 Å². The average molecular weight is 303 g/mol. The molecule has 4 nitrogen and oxygen atoms in total. The molecule has 0 heterocycles. The normalized spacial score (nSPS) is 16.4. The van der Waals surface area contributed by atoms with Crippen LogP contribution in [-0.2, 0) is 10.0 Å². The Morgan fingerprint density at radius 2 is 1.67 bits per heavy atom. The topological polar surface area (TPSA) is 63.2 Å². The number of carbonyl (C=O) groups excluding carboxylic acids is 1. The van der Waals surface area contributed by atoms with Crippen LogP contribution in [0.15, 0.2) is 41.3 Å². The van der Waals surface area contributed by atoms with Crippen LogP contribution in [0.2, 0.25) is 0 Å². The van der Waals surface area contributed by atoms with Crippen LogP contribution in [0.4, 0.5) is 0 Å². The number of benzene rings is 2. The summed E-state index contributed by atoms with van der Waals surface area (Å²) < 4.78 is 28.0. The van der Waals surface area contributed by atoms with Gasteiger partial charge in [-0.25, -0.2) is 13.1 Å². The predicted octanol–water partition coefficient (Wildman–Crippen LogP) is 2.87. The molecule has 0 atom stereocenters. The largest absolute Gasteiger partial charge is 0.298 e. The number of fused-ring (bicyclic) bond motifs is 1. The van der Waals surface area contributed by atoms with Crippen LogP contribution in [0.5, 0.6) is 0 Å². The van der Waals surface area contributed by atoms with Gasteiger partial charge in [0.05, 0.1) is 4.90 Å². The van der Waals surface area contributed by atoms with Crippen molar-refractivity contribution in [3.05, 3.63) is 42.0 Å². The Hall–Kier alpha value is -1.72. The first-order valence-corrected chi connectivity index (χ1v) is 8.59. The Balaban J connectivity index is 2.09. The lowest BCUT2D eigenvalue weighted by Crippen LogP contribution is -2.32. The van der Waals surface area contributed by atoms with Crippen LogP contribution in [-0.4, -0.2) is 20.7 Å². The minimum Gasteiger partial charge on any atom is -0.298 e. The standard InChI is InChI=1S/C16H17NO3S/c18-11-12-9-10-16(15-8-4-3-7-14(12)15)21(19,20)17-13-5-1-2-6-13/h3-4,7-11,13,17H,1-2,5-6H2. The highest BCUT2D eigenvalue weighted by molar-refractivity contribution is 7.89. The van der Waals surface area contributed by atoms with Gasteiger partial charge < -0.3 is 0 Å². The fourth-order valence-corrected chi connectivity index (χ4v) is 4.47. The second kappa shape index (κ2) is 5.58. The maximum Gasteiger partial charge on any atom is 0.241 e. The molecule has 0 bridgehead atoms. The van der Waals surface area contributed by atoms with Crippen LogP contribution in [0.3, 0.4) is 0 Å². The van der Waals surface area contributed by atoms with Gasteiger partial charge in [-0.05, 0) is 30.4 Å². The lowest BCUT2D eigenvalue weighted by atomic mass is 10.1. The molecule has 2 aromatic rings. The summed E-state index contributed by atoms with van der Waals surface area (Å²) in [6.07, 6.45) is 4.67. The second-order valence-electron chi connectivity index (χ2n) is 5.42. The van der Waals surface area contributed by atoms with E-state index in [0.717, 1.165) is 32.0 Å². The summed E-state index contributed by atoms with van der Waals surface area (Å²) in [5.41, 5.74) is 0.505. The van der Waals surface area contributed by atoms with Gasteiger partial charge in [-0.1, -0.05) is 37.1 Å². The van der Waals surface area contributed by atoms with Gasteiger partial charge in [0.25, 0.3) is 0 Å². The molecular formula is C16H17NO3S. The fourth-order valence-electron chi connectivity index (χ4n) is 2.96. The molecule has 1 saturated carbocycles. The van der Waals surface area contributed by atoms with E-state index in [1.807, 2.05) is 0 Å². The number of hydrogen-bond donors (Lipinski definition) is 1. The lowest BCUT2D eigenvalue weighted by Gasteiger charge is -2.14.